The van der Waals surface area contributed by atoms with E-state index in [0.717, 1.165) is 39.8 Å². The Morgan fingerprint density at radius 2 is 1.93 bits per heavy atom. The minimum atomic E-state index is 0.158. The minimum Gasteiger partial charge on any atom is -0.495 e. The van der Waals surface area contributed by atoms with Gasteiger partial charge in [-0.1, -0.05) is 23.9 Å². The number of thiophene rings is 1. The molecule has 1 amide bonds. The second-order valence-corrected chi connectivity index (χ2v) is 9.14. The Bertz CT molecular complexity index is 1030. The molecule has 1 aliphatic heterocycles. The van der Waals surface area contributed by atoms with Gasteiger partial charge in [-0.3, -0.25) is 4.79 Å². The summed E-state index contributed by atoms with van der Waals surface area (Å²) >= 11 is 3.19. The summed E-state index contributed by atoms with van der Waals surface area (Å²) in [6, 6.07) is 8.03. The number of para-hydroxylation sites is 2. The molecule has 1 fully saturated rings. The maximum Gasteiger partial charge on any atom is 0.233 e. The van der Waals surface area contributed by atoms with Gasteiger partial charge in [0.25, 0.3) is 0 Å². The van der Waals surface area contributed by atoms with Crippen LogP contribution in [0.4, 0.5) is 5.69 Å². The number of amides is 1. The third-order valence-corrected chi connectivity index (χ3v) is 7.41. The largest absolute Gasteiger partial charge is 0.495 e. The smallest absolute Gasteiger partial charge is 0.233 e. The van der Waals surface area contributed by atoms with Gasteiger partial charge >= 0.3 is 0 Å². The third-order valence-electron chi connectivity index (χ3n) is 5.32. The lowest BCUT2D eigenvalue weighted by atomic mass is 10.2. The van der Waals surface area contributed by atoms with E-state index in [9.17, 15) is 4.79 Å². The second-order valence-electron chi connectivity index (χ2n) is 6.97. The molecule has 8 heteroatoms. The van der Waals surface area contributed by atoms with Crippen molar-refractivity contribution in [1.82, 2.24) is 14.9 Å². The predicted molar refractivity (Wildman–Crippen MR) is 119 cm³/mol. The van der Waals surface area contributed by atoms with Crippen molar-refractivity contribution >= 4 is 44.9 Å². The van der Waals surface area contributed by atoms with Crippen LogP contribution in [0.5, 0.6) is 5.75 Å². The van der Waals surface area contributed by atoms with Gasteiger partial charge in [-0.2, -0.15) is 0 Å². The summed E-state index contributed by atoms with van der Waals surface area (Å²) in [6.07, 6.45) is 1.59. The van der Waals surface area contributed by atoms with Crippen LogP contribution in [-0.4, -0.2) is 59.8 Å². The summed E-state index contributed by atoms with van der Waals surface area (Å²) in [7, 11) is 1.69. The van der Waals surface area contributed by atoms with E-state index >= 15 is 0 Å². The lowest BCUT2D eigenvalue weighted by Crippen LogP contribution is -2.49. The van der Waals surface area contributed by atoms with Crippen molar-refractivity contribution in [1.29, 1.82) is 0 Å². The fourth-order valence-corrected chi connectivity index (χ4v) is 5.59. The molecule has 0 bridgehead atoms. The first-order chi connectivity index (χ1) is 14.1. The molecule has 4 rings (SSSR count). The predicted octanol–water partition coefficient (Wildman–Crippen LogP) is 3.76. The van der Waals surface area contributed by atoms with Crippen LogP contribution in [-0.2, 0) is 4.79 Å². The van der Waals surface area contributed by atoms with E-state index in [2.05, 4.69) is 34.8 Å². The number of hydrogen-bond donors (Lipinski definition) is 0. The van der Waals surface area contributed by atoms with Crippen LogP contribution >= 0.6 is 23.1 Å². The molecule has 0 atom stereocenters. The number of piperazine rings is 1. The Morgan fingerprint density at radius 1 is 1.17 bits per heavy atom. The molecule has 6 nitrogen and oxygen atoms in total. The number of methoxy groups -OCH3 is 1. The van der Waals surface area contributed by atoms with E-state index < -0.39 is 0 Å². The van der Waals surface area contributed by atoms with Gasteiger partial charge in [0.05, 0.1) is 18.6 Å². The third kappa shape index (κ3) is 4.04. The summed E-state index contributed by atoms with van der Waals surface area (Å²) in [5.74, 6) is 1.43. The van der Waals surface area contributed by atoms with Crippen molar-refractivity contribution in [2.45, 2.75) is 18.9 Å². The number of aromatic nitrogens is 2. The van der Waals surface area contributed by atoms with Gasteiger partial charge in [-0.05, 0) is 31.5 Å². The number of carbonyl (C=O) groups is 1. The van der Waals surface area contributed by atoms with Crippen molar-refractivity contribution in [3.05, 3.63) is 41.0 Å². The number of aryl methyl sites for hydroxylation is 2. The molecule has 3 aromatic rings. The topological polar surface area (TPSA) is 58.6 Å². The quantitative estimate of drug-likeness (QED) is 0.456. The van der Waals surface area contributed by atoms with Gasteiger partial charge in [-0.15, -0.1) is 11.3 Å². The average Bonchev–Trinajstić information content (AvgIpc) is 3.06. The Balaban J connectivity index is 1.37. The zero-order valence-electron chi connectivity index (χ0n) is 16.8. The van der Waals surface area contributed by atoms with Crippen LogP contribution in [0.1, 0.15) is 10.4 Å². The molecule has 0 radical (unpaired) electrons. The summed E-state index contributed by atoms with van der Waals surface area (Å²) < 4.78 is 5.47. The van der Waals surface area contributed by atoms with E-state index in [4.69, 9.17) is 4.74 Å². The molecule has 0 spiro atoms. The Hall–Kier alpha value is -2.32. The molecule has 29 heavy (non-hydrogen) atoms. The lowest BCUT2D eigenvalue weighted by Gasteiger charge is -2.36. The fourth-order valence-electron chi connectivity index (χ4n) is 3.57. The van der Waals surface area contributed by atoms with E-state index in [0.29, 0.717) is 18.8 Å². The van der Waals surface area contributed by atoms with Gasteiger partial charge < -0.3 is 14.5 Å². The highest BCUT2D eigenvalue weighted by Crippen LogP contribution is 2.34. The normalized spacial score (nSPS) is 14.4. The number of carbonyl (C=O) groups excluding carboxylic acids is 1. The lowest BCUT2D eigenvalue weighted by molar-refractivity contribution is -0.128. The van der Waals surface area contributed by atoms with Crippen molar-refractivity contribution in [2.24, 2.45) is 0 Å². The van der Waals surface area contributed by atoms with Crippen molar-refractivity contribution in [3.63, 3.8) is 0 Å². The standard InChI is InChI=1S/C21H24N4O2S2/c1-14-15(2)29-21-19(14)20(22-13-23-21)28-12-18(26)25-10-8-24(9-11-25)16-6-4-5-7-17(16)27-3/h4-7,13H,8-12H2,1-3H3. The molecule has 152 valence electrons. The van der Waals surface area contributed by atoms with Crippen molar-refractivity contribution < 1.29 is 9.53 Å². The van der Waals surface area contributed by atoms with E-state index in [-0.39, 0.29) is 5.91 Å². The molecule has 1 aliphatic rings. The molecule has 0 aliphatic carbocycles. The molecule has 1 saturated heterocycles. The zero-order chi connectivity index (χ0) is 20.4. The Morgan fingerprint density at radius 3 is 2.69 bits per heavy atom. The van der Waals surface area contributed by atoms with Crippen LogP contribution in [0.2, 0.25) is 0 Å². The molecule has 1 aromatic carbocycles. The van der Waals surface area contributed by atoms with Crippen LogP contribution < -0.4 is 9.64 Å². The summed E-state index contributed by atoms with van der Waals surface area (Å²) in [5, 5.41) is 1.99. The van der Waals surface area contributed by atoms with Gasteiger partial charge in [0.1, 0.15) is 21.9 Å². The molecule has 2 aromatic heterocycles. The van der Waals surface area contributed by atoms with Crippen molar-refractivity contribution in [3.8, 4) is 5.75 Å². The van der Waals surface area contributed by atoms with Gasteiger partial charge in [0.2, 0.25) is 5.91 Å². The summed E-state index contributed by atoms with van der Waals surface area (Å²) in [6.45, 7) is 7.23. The maximum absolute atomic E-state index is 12.8. The Kier molecular flexibility index (Phi) is 5.91. The first-order valence-electron chi connectivity index (χ1n) is 9.57. The zero-order valence-corrected chi connectivity index (χ0v) is 18.5. The monoisotopic (exact) mass is 428 g/mol. The molecule has 3 heterocycles. The van der Waals surface area contributed by atoms with E-state index in [1.807, 2.05) is 23.1 Å². The number of hydrogen-bond acceptors (Lipinski definition) is 7. The summed E-state index contributed by atoms with van der Waals surface area (Å²) in [4.78, 5) is 28.1. The van der Waals surface area contributed by atoms with Crippen molar-refractivity contribution in [2.75, 3.05) is 43.9 Å². The number of anilines is 1. The highest BCUT2D eigenvalue weighted by Gasteiger charge is 2.23. The first-order valence-corrected chi connectivity index (χ1v) is 11.4. The maximum atomic E-state index is 12.8. The van der Waals surface area contributed by atoms with Crippen LogP contribution in [0, 0.1) is 13.8 Å². The fraction of sp³-hybridized carbons (Fsp3) is 0.381. The van der Waals surface area contributed by atoms with Crippen LogP contribution in [0.3, 0.4) is 0 Å². The molecule has 0 saturated carbocycles. The second kappa shape index (κ2) is 8.59. The highest BCUT2D eigenvalue weighted by atomic mass is 32.2. The first kappa shape index (κ1) is 20.0. The summed E-state index contributed by atoms with van der Waals surface area (Å²) in [5.41, 5.74) is 2.30. The number of benzene rings is 1. The highest BCUT2D eigenvalue weighted by molar-refractivity contribution is 8.00. The molecular formula is C21H24N4O2S2. The molecule has 0 N–H and O–H groups in total. The number of ether oxygens (including phenoxy) is 1. The minimum absolute atomic E-state index is 0.158. The van der Waals surface area contributed by atoms with E-state index in [1.54, 1.807) is 24.8 Å². The van der Waals surface area contributed by atoms with Gasteiger partial charge in [-0.25, -0.2) is 9.97 Å². The van der Waals surface area contributed by atoms with Gasteiger partial charge in [0, 0.05) is 36.4 Å². The SMILES string of the molecule is COc1ccccc1N1CCN(C(=O)CSc2ncnc3sc(C)c(C)c23)CC1. The van der Waals surface area contributed by atoms with Crippen LogP contribution in [0.25, 0.3) is 10.2 Å². The Labute approximate surface area is 178 Å². The average molecular weight is 429 g/mol. The number of fused-ring (bicyclic) bond motifs is 1. The van der Waals surface area contributed by atoms with Crippen LogP contribution in [0.15, 0.2) is 35.6 Å². The molecule has 0 unspecified atom stereocenters. The number of rotatable bonds is 5. The number of nitrogens with zero attached hydrogens (tertiary/aromatic N) is 4. The number of thioether (sulfide) groups is 1. The van der Waals surface area contributed by atoms with Gasteiger partial charge in [0.15, 0.2) is 0 Å². The van der Waals surface area contributed by atoms with E-state index in [1.165, 1.54) is 22.2 Å². The molecular weight excluding hydrogens is 404 g/mol.